The summed E-state index contributed by atoms with van der Waals surface area (Å²) < 4.78 is 5.80. The molecule has 0 aromatic heterocycles. The number of aliphatic hydroxyl groups is 4. The van der Waals surface area contributed by atoms with Gasteiger partial charge in [-0.1, -0.05) is 20.4 Å². The number of fused-ring (bicyclic) bond motifs is 2. The van der Waals surface area contributed by atoms with Crippen molar-refractivity contribution >= 4 is 5.78 Å². The van der Waals surface area contributed by atoms with Crippen LogP contribution in [-0.4, -0.2) is 56.9 Å². The molecular weight excluding hydrogens is 336 g/mol. The van der Waals surface area contributed by atoms with Crippen LogP contribution in [0.15, 0.2) is 12.2 Å². The van der Waals surface area contributed by atoms with E-state index >= 15 is 0 Å². The van der Waals surface area contributed by atoms with Gasteiger partial charge >= 0.3 is 0 Å². The molecule has 0 aromatic rings. The van der Waals surface area contributed by atoms with Crippen molar-refractivity contribution in [3.05, 3.63) is 12.2 Å². The van der Waals surface area contributed by atoms with Crippen molar-refractivity contribution in [2.75, 3.05) is 6.61 Å². The molecule has 4 bridgehead atoms. The summed E-state index contributed by atoms with van der Waals surface area (Å²) in [5.41, 5.74) is -2.49. The van der Waals surface area contributed by atoms with Gasteiger partial charge in [0.25, 0.3) is 0 Å². The van der Waals surface area contributed by atoms with Crippen molar-refractivity contribution in [3.8, 4) is 0 Å². The van der Waals surface area contributed by atoms with Crippen LogP contribution in [0.2, 0.25) is 0 Å². The molecule has 0 radical (unpaired) electrons. The Kier molecular flexibility index (Phi) is 3.07. The summed E-state index contributed by atoms with van der Waals surface area (Å²) >= 11 is 0. The van der Waals surface area contributed by atoms with Crippen LogP contribution in [0.25, 0.3) is 0 Å². The van der Waals surface area contributed by atoms with E-state index in [9.17, 15) is 25.2 Å². The minimum absolute atomic E-state index is 0.0966. The Morgan fingerprint density at radius 3 is 2.50 bits per heavy atom. The number of Topliss-reactive ketones (excluding diaryl/α,β-unsaturated/α-hetero) is 1. The third-order valence-corrected chi connectivity index (χ3v) is 8.88. The molecule has 2 saturated heterocycles. The highest BCUT2D eigenvalue weighted by Gasteiger charge is 2.86. The van der Waals surface area contributed by atoms with Gasteiger partial charge in [0.15, 0.2) is 5.78 Å². The van der Waals surface area contributed by atoms with Crippen LogP contribution >= 0.6 is 0 Å². The third-order valence-electron chi connectivity index (χ3n) is 8.88. The molecule has 26 heavy (non-hydrogen) atoms. The van der Waals surface area contributed by atoms with Crippen LogP contribution in [0, 0.1) is 34.0 Å². The van der Waals surface area contributed by atoms with E-state index in [2.05, 4.69) is 6.58 Å². The van der Waals surface area contributed by atoms with E-state index in [1.165, 1.54) is 0 Å². The second kappa shape index (κ2) is 4.61. The van der Waals surface area contributed by atoms with Crippen molar-refractivity contribution in [3.63, 3.8) is 0 Å². The zero-order valence-corrected chi connectivity index (χ0v) is 15.3. The number of aliphatic hydroxyl groups excluding tert-OH is 3. The van der Waals surface area contributed by atoms with Crippen molar-refractivity contribution in [1.29, 1.82) is 0 Å². The minimum Gasteiger partial charge on any atom is -0.392 e. The Hall–Kier alpha value is -0.790. The lowest BCUT2D eigenvalue weighted by molar-refractivity contribution is -0.458. The van der Waals surface area contributed by atoms with Crippen LogP contribution < -0.4 is 0 Å². The summed E-state index contributed by atoms with van der Waals surface area (Å²) in [5.74, 6) is -3.80. The Labute approximate surface area is 152 Å². The number of rotatable bonds is 0. The van der Waals surface area contributed by atoms with Gasteiger partial charge in [0.05, 0.1) is 18.8 Å². The number of ether oxygens (including phenoxy) is 1. The maximum Gasteiger partial charge on any atom is 0.208 e. The van der Waals surface area contributed by atoms with E-state index in [1.807, 2.05) is 13.8 Å². The molecule has 0 amide bonds. The highest BCUT2D eigenvalue weighted by atomic mass is 16.6. The molecule has 6 rings (SSSR count). The van der Waals surface area contributed by atoms with Gasteiger partial charge in [-0.05, 0) is 42.6 Å². The number of ketones is 1. The number of hydrogen-bond donors (Lipinski definition) is 4. The summed E-state index contributed by atoms with van der Waals surface area (Å²) in [4.78, 5) is 13.3. The molecule has 2 aliphatic heterocycles. The molecule has 1 unspecified atom stereocenters. The van der Waals surface area contributed by atoms with Gasteiger partial charge in [0.2, 0.25) is 5.79 Å². The predicted octanol–water partition coefficient (Wildman–Crippen LogP) is 0.376. The lowest BCUT2D eigenvalue weighted by Gasteiger charge is -2.74. The van der Waals surface area contributed by atoms with E-state index in [4.69, 9.17) is 4.74 Å². The molecule has 2 spiro atoms. The maximum atomic E-state index is 13.3. The van der Waals surface area contributed by atoms with Crippen LogP contribution in [0.3, 0.4) is 0 Å². The number of hydrogen-bond acceptors (Lipinski definition) is 6. The summed E-state index contributed by atoms with van der Waals surface area (Å²) in [6.07, 6.45) is -0.747. The molecular formula is C20H28O6. The fourth-order valence-corrected chi connectivity index (χ4v) is 7.90. The predicted molar refractivity (Wildman–Crippen MR) is 90.7 cm³/mol. The normalized spacial score (nSPS) is 59.9. The summed E-state index contributed by atoms with van der Waals surface area (Å²) in [7, 11) is 0. The molecule has 144 valence electrons. The first-order chi connectivity index (χ1) is 12.1. The van der Waals surface area contributed by atoms with Gasteiger partial charge < -0.3 is 25.2 Å². The Bertz CT molecular complexity index is 717. The molecule has 9 atom stereocenters. The quantitative estimate of drug-likeness (QED) is 0.463. The van der Waals surface area contributed by atoms with E-state index < -0.39 is 58.5 Å². The minimum atomic E-state index is -2.15. The van der Waals surface area contributed by atoms with Gasteiger partial charge in [-0.2, -0.15) is 0 Å². The van der Waals surface area contributed by atoms with Crippen LogP contribution in [-0.2, 0) is 9.53 Å². The first-order valence-electron chi connectivity index (χ1n) is 9.71. The third kappa shape index (κ3) is 1.41. The summed E-state index contributed by atoms with van der Waals surface area (Å²) in [5, 5.41) is 45.1. The van der Waals surface area contributed by atoms with Crippen molar-refractivity contribution in [2.24, 2.45) is 34.0 Å². The fourth-order valence-electron chi connectivity index (χ4n) is 7.90. The molecule has 4 saturated carbocycles. The first kappa shape index (κ1) is 17.3. The first-order valence-corrected chi connectivity index (χ1v) is 9.71. The topological polar surface area (TPSA) is 107 Å². The zero-order valence-electron chi connectivity index (χ0n) is 15.3. The standard InChI is InChI=1S/C20H28O6/c1-9-10-4-5-11-18-8-26-20(25,19(11,14(9)22)15(10)23)16(24)13(18)17(2,3)7-6-12(18)21/h10-13,15-16,21,23-25H,1,4-8H2,2-3H3/t10-,11-,12-,13+,15+,16-,18+,19-,20?/m0/s1. The second-order valence-corrected chi connectivity index (χ2v) is 9.97. The van der Waals surface area contributed by atoms with Crippen molar-refractivity contribution in [2.45, 2.75) is 63.6 Å². The van der Waals surface area contributed by atoms with Gasteiger partial charge in [0.1, 0.15) is 11.5 Å². The monoisotopic (exact) mass is 364 g/mol. The van der Waals surface area contributed by atoms with E-state index in [0.717, 1.165) is 6.42 Å². The largest absolute Gasteiger partial charge is 0.392 e. The fraction of sp³-hybridized carbons (Fsp3) is 0.850. The molecule has 6 fully saturated rings. The molecule has 6 nitrogen and oxygen atoms in total. The molecule has 0 aromatic carbocycles. The van der Waals surface area contributed by atoms with Crippen LogP contribution in [0.5, 0.6) is 0 Å². The summed E-state index contributed by atoms with van der Waals surface area (Å²) in [6, 6.07) is 0. The number of carbonyl (C=O) groups excluding carboxylic acids is 1. The van der Waals surface area contributed by atoms with Crippen LogP contribution in [0.1, 0.15) is 39.5 Å². The number of carbonyl (C=O) groups is 1. The lowest BCUT2D eigenvalue weighted by atomic mass is 9.35. The molecule has 4 N–H and O–H groups in total. The van der Waals surface area contributed by atoms with Gasteiger partial charge in [-0.3, -0.25) is 4.79 Å². The Balaban J connectivity index is 1.81. The smallest absolute Gasteiger partial charge is 0.208 e. The van der Waals surface area contributed by atoms with E-state index in [-0.39, 0.29) is 12.0 Å². The van der Waals surface area contributed by atoms with E-state index in [1.54, 1.807) is 0 Å². The summed E-state index contributed by atoms with van der Waals surface area (Å²) in [6.45, 7) is 8.07. The van der Waals surface area contributed by atoms with Gasteiger partial charge in [-0.25, -0.2) is 0 Å². The molecule has 6 aliphatic rings. The van der Waals surface area contributed by atoms with Gasteiger partial charge in [0, 0.05) is 17.3 Å². The van der Waals surface area contributed by atoms with Gasteiger partial charge in [-0.15, -0.1) is 0 Å². The lowest BCUT2D eigenvalue weighted by Crippen LogP contribution is -2.85. The average molecular weight is 364 g/mol. The highest BCUT2D eigenvalue weighted by Crippen LogP contribution is 2.76. The average Bonchev–Trinajstić information content (AvgIpc) is 2.69. The Morgan fingerprint density at radius 2 is 1.81 bits per heavy atom. The highest BCUT2D eigenvalue weighted by molar-refractivity contribution is 6.05. The van der Waals surface area contributed by atoms with Crippen molar-refractivity contribution in [1.82, 2.24) is 0 Å². The molecule has 4 aliphatic carbocycles. The van der Waals surface area contributed by atoms with Crippen molar-refractivity contribution < 1.29 is 30.0 Å². The van der Waals surface area contributed by atoms with Crippen LogP contribution in [0.4, 0.5) is 0 Å². The Morgan fingerprint density at radius 1 is 1.12 bits per heavy atom. The molecule has 2 heterocycles. The molecule has 6 heteroatoms. The SMILES string of the molecule is C=C1C(=O)[C@]23[C@H](O)[C@H]1CC[C@H]2[C@@]12COC3(O)[C@@H](O)[C@@H]1C(C)(C)CC[C@@H]2O. The maximum absolute atomic E-state index is 13.3. The van der Waals surface area contributed by atoms with E-state index in [0.29, 0.717) is 24.8 Å². The second-order valence-electron chi connectivity index (χ2n) is 9.97. The zero-order chi connectivity index (χ0) is 18.9.